The molecule has 3 aromatic carbocycles. The number of morpholine rings is 1. The number of aryl methyl sites for hydroxylation is 2. The zero-order chi connectivity index (χ0) is 36.6. The maximum absolute atomic E-state index is 13.6. The van der Waals surface area contributed by atoms with Gasteiger partial charge >= 0.3 is 5.97 Å². The molecular weight excluding hydrogens is 648 g/mol. The molecule has 0 radical (unpaired) electrons. The van der Waals surface area contributed by atoms with Gasteiger partial charge in [-0.3, -0.25) is 24.0 Å². The van der Waals surface area contributed by atoms with Crippen LogP contribution in [0.2, 0.25) is 0 Å². The van der Waals surface area contributed by atoms with E-state index in [-0.39, 0.29) is 37.0 Å². The smallest absolute Gasteiger partial charge is 0.305 e. The van der Waals surface area contributed by atoms with Crippen LogP contribution in [0.25, 0.3) is 0 Å². The number of nitrogens with one attached hydrogen (secondary N) is 3. The number of carbonyl (C=O) groups is 5. The van der Waals surface area contributed by atoms with Crippen LogP contribution in [0.5, 0.6) is 0 Å². The molecule has 0 bridgehead atoms. The number of amides is 4. The van der Waals surface area contributed by atoms with Gasteiger partial charge < -0.3 is 30.7 Å². The number of hydrogen-bond acceptors (Lipinski definition) is 6. The molecule has 11 nitrogen and oxygen atoms in total. The van der Waals surface area contributed by atoms with Crippen LogP contribution < -0.4 is 16.0 Å². The zero-order valence-electron chi connectivity index (χ0n) is 29.5. The molecule has 11 heteroatoms. The molecule has 3 aromatic rings. The van der Waals surface area contributed by atoms with Crippen LogP contribution in [-0.4, -0.2) is 84.0 Å². The van der Waals surface area contributed by atoms with Crippen molar-refractivity contribution in [2.45, 2.75) is 76.9 Å². The molecule has 1 saturated heterocycles. The van der Waals surface area contributed by atoms with Crippen LogP contribution >= 0.6 is 0 Å². The van der Waals surface area contributed by atoms with E-state index in [0.29, 0.717) is 26.3 Å². The van der Waals surface area contributed by atoms with Crippen LogP contribution in [0.15, 0.2) is 84.9 Å². The number of carboxylic acid groups (broad SMARTS) is 1. The second-order valence-electron chi connectivity index (χ2n) is 13.4. The predicted octanol–water partition coefficient (Wildman–Crippen LogP) is 3.48. The fraction of sp³-hybridized carbons (Fsp3) is 0.425. The molecular formula is C40H50N4O7. The van der Waals surface area contributed by atoms with Crippen molar-refractivity contribution in [3.8, 4) is 0 Å². The Morgan fingerprint density at radius 3 is 1.92 bits per heavy atom. The fourth-order valence-electron chi connectivity index (χ4n) is 6.15. The molecule has 4 amide bonds. The molecule has 4 N–H and O–H groups in total. The standard InChI is InChI=1S/C40H50N4O7/c1-28(2)23-33(41-36(45)26-32-18-10-17-30(24-32)16-9-15-29-11-5-3-6-12-29)38(48)42-34(27-37(46)47)39(49)43-35(25-31-13-7-4-8-14-31)40(50)44-19-21-51-22-20-44/h3-8,10-14,17-18,24,28,33-35H,9,15-16,19-23,25-27H2,1-2H3,(H,41,45)(H,42,48)(H,43,49)(H,46,47)/t33?,34-,35?/m0/s1. The lowest BCUT2D eigenvalue weighted by molar-refractivity contribution is -0.142. The van der Waals surface area contributed by atoms with E-state index in [1.807, 2.05) is 86.6 Å². The van der Waals surface area contributed by atoms with E-state index < -0.39 is 42.3 Å². The lowest BCUT2D eigenvalue weighted by Gasteiger charge is -2.31. The van der Waals surface area contributed by atoms with Gasteiger partial charge in [0.1, 0.15) is 18.1 Å². The second kappa shape index (κ2) is 20.0. The molecule has 4 rings (SSSR count). The lowest BCUT2D eigenvalue weighted by atomic mass is 10.00. The normalized spacial score (nSPS) is 14.6. The Labute approximate surface area is 300 Å². The Bertz CT molecular complexity index is 1590. The van der Waals surface area contributed by atoms with E-state index in [2.05, 4.69) is 28.1 Å². The highest BCUT2D eigenvalue weighted by molar-refractivity contribution is 5.96. The molecule has 1 aliphatic heterocycles. The first-order valence-corrected chi connectivity index (χ1v) is 17.7. The minimum Gasteiger partial charge on any atom is -0.481 e. The summed E-state index contributed by atoms with van der Waals surface area (Å²) in [5.74, 6) is -3.46. The first kappa shape index (κ1) is 38.8. The molecule has 51 heavy (non-hydrogen) atoms. The number of benzene rings is 3. The molecule has 0 saturated carbocycles. The third-order valence-corrected chi connectivity index (χ3v) is 8.72. The summed E-state index contributed by atoms with van der Waals surface area (Å²) in [5, 5.41) is 17.8. The van der Waals surface area contributed by atoms with E-state index in [1.165, 1.54) is 5.56 Å². The highest BCUT2D eigenvalue weighted by atomic mass is 16.5. The molecule has 0 spiro atoms. The van der Waals surface area contributed by atoms with Crippen LogP contribution in [0.3, 0.4) is 0 Å². The quantitative estimate of drug-likeness (QED) is 0.159. The lowest BCUT2D eigenvalue weighted by Crippen LogP contribution is -2.58. The average molecular weight is 699 g/mol. The third kappa shape index (κ3) is 13.3. The molecule has 3 atom stereocenters. The molecule has 272 valence electrons. The van der Waals surface area contributed by atoms with E-state index >= 15 is 0 Å². The first-order chi connectivity index (χ1) is 24.6. The van der Waals surface area contributed by atoms with Gasteiger partial charge in [0.2, 0.25) is 23.6 Å². The average Bonchev–Trinajstić information content (AvgIpc) is 3.11. The van der Waals surface area contributed by atoms with Crippen LogP contribution in [-0.2, 0) is 54.4 Å². The van der Waals surface area contributed by atoms with Gasteiger partial charge in [-0.15, -0.1) is 0 Å². The van der Waals surface area contributed by atoms with Crippen LogP contribution in [0.4, 0.5) is 0 Å². The third-order valence-electron chi connectivity index (χ3n) is 8.72. The summed E-state index contributed by atoms with van der Waals surface area (Å²) in [6.45, 7) is 5.28. The summed E-state index contributed by atoms with van der Waals surface area (Å²) < 4.78 is 5.37. The van der Waals surface area contributed by atoms with Crippen molar-refractivity contribution in [2.75, 3.05) is 26.3 Å². The summed E-state index contributed by atoms with van der Waals surface area (Å²) in [6, 6.07) is 23.8. The summed E-state index contributed by atoms with van der Waals surface area (Å²) >= 11 is 0. The minimum absolute atomic E-state index is 0.00198. The van der Waals surface area contributed by atoms with Gasteiger partial charge in [0.05, 0.1) is 26.1 Å². The monoisotopic (exact) mass is 698 g/mol. The fourth-order valence-corrected chi connectivity index (χ4v) is 6.15. The summed E-state index contributed by atoms with van der Waals surface area (Å²) in [5.41, 5.74) is 4.01. The molecule has 1 aliphatic rings. The highest BCUT2D eigenvalue weighted by Gasteiger charge is 2.33. The Hall–Kier alpha value is -5.03. The van der Waals surface area contributed by atoms with Gasteiger partial charge in [0.15, 0.2) is 0 Å². The number of nitrogens with zero attached hydrogens (tertiary/aromatic N) is 1. The van der Waals surface area contributed by atoms with Gasteiger partial charge in [-0.2, -0.15) is 0 Å². The number of carboxylic acids is 1. The van der Waals surface area contributed by atoms with Gasteiger partial charge in [-0.25, -0.2) is 0 Å². The maximum atomic E-state index is 13.6. The van der Waals surface area contributed by atoms with Crippen molar-refractivity contribution in [3.63, 3.8) is 0 Å². The summed E-state index contributed by atoms with van der Waals surface area (Å²) in [6.07, 6.45) is 2.58. The van der Waals surface area contributed by atoms with Gasteiger partial charge in [-0.05, 0) is 53.9 Å². The maximum Gasteiger partial charge on any atom is 0.305 e. The van der Waals surface area contributed by atoms with Crippen molar-refractivity contribution < 1.29 is 33.8 Å². The SMILES string of the molecule is CC(C)CC(NC(=O)Cc1cccc(CCCc2ccccc2)c1)C(=O)N[C@@H](CC(=O)O)C(=O)NC(Cc1ccccc1)C(=O)N1CCOCC1. The van der Waals surface area contributed by atoms with Gasteiger partial charge in [0.25, 0.3) is 0 Å². The molecule has 1 heterocycles. The first-order valence-electron chi connectivity index (χ1n) is 17.7. The van der Waals surface area contributed by atoms with Crippen molar-refractivity contribution in [3.05, 3.63) is 107 Å². The largest absolute Gasteiger partial charge is 0.481 e. The molecule has 0 aromatic heterocycles. The van der Waals surface area contributed by atoms with Crippen LogP contribution in [0.1, 0.15) is 55.4 Å². The van der Waals surface area contributed by atoms with Gasteiger partial charge in [0, 0.05) is 19.5 Å². The molecule has 2 unspecified atom stereocenters. The van der Waals surface area contributed by atoms with E-state index in [1.54, 1.807) is 4.90 Å². The number of ether oxygens (including phenoxy) is 1. The van der Waals surface area contributed by atoms with E-state index in [0.717, 1.165) is 36.0 Å². The second-order valence-corrected chi connectivity index (χ2v) is 13.4. The summed E-state index contributed by atoms with van der Waals surface area (Å²) in [7, 11) is 0. The Morgan fingerprint density at radius 1 is 0.706 bits per heavy atom. The van der Waals surface area contributed by atoms with Crippen molar-refractivity contribution in [2.24, 2.45) is 5.92 Å². The van der Waals surface area contributed by atoms with E-state index in [9.17, 15) is 29.1 Å². The predicted molar refractivity (Wildman–Crippen MR) is 194 cm³/mol. The Kier molecular flexibility index (Phi) is 15.2. The highest BCUT2D eigenvalue weighted by Crippen LogP contribution is 2.13. The molecule has 1 fully saturated rings. The Morgan fingerprint density at radius 2 is 1.27 bits per heavy atom. The zero-order valence-corrected chi connectivity index (χ0v) is 29.5. The van der Waals surface area contributed by atoms with Crippen molar-refractivity contribution in [1.82, 2.24) is 20.9 Å². The van der Waals surface area contributed by atoms with Gasteiger partial charge in [-0.1, -0.05) is 98.8 Å². The van der Waals surface area contributed by atoms with E-state index in [4.69, 9.17) is 4.74 Å². The topological polar surface area (TPSA) is 154 Å². The number of aliphatic carboxylic acids is 1. The minimum atomic E-state index is -1.48. The summed E-state index contributed by atoms with van der Waals surface area (Å²) in [4.78, 5) is 67.5. The van der Waals surface area contributed by atoms with Crippen LogP contribution in [0, 0.1) is 5.92 Å². The van der Waals surface area contributed by atoms with Crippen molar-refractivity contribution in [1.29, 1.82) is 0 Å². The number of carbonyl (C=O) groups excluding carboxylic acids is 4. The Balaban J connectivity index is 1.40. The number of rotatable bonds is 18. The molecule has 0 aliphatic carbocycles. The number of hydrogen-bond donors (Lipinski definition) is 4. The van der Waals surface area contributed by atoms with Crippen molar-refractivity contribution >= 4 is 29.6 Å².